The number of likely N-dealkylation sites (N-methyl/N-ethyl adjacent to an activating group) is 1. The highest BCUT2D eigenvalue weighted by atomic mass is 19.1. The largest absolute Gasteiger partial charge is 0.379 e. The molecule has 0 fully saturated rings. The summed E-state index contributed by atoms with van der Waals surface area (Å²) in [6, 6.07) is 6.17. The third-order valence-electron chi connectivity index (χ3n) is 3.43. The first-order chi connectivity index (χ1) is 10.3. The third-order valence-corrected chi connectivity index (χ3v) is 3.43. The Morgan fingerprint density at radius 1 is 1.41 bits per heavy atom. The standard InChI is InChI=1S/C15H18FN3O3/c1-15(14(21)17-9-13(20)19(2)3)8-12(18-22-15)10-6-4-5-7-11(10)16/h4-7H,8-9H2,1-3H3,(H,17,21). The molecule has 0 aromatic heterocycles. The van der Waals surface area contributed by atoms with Crippen molar-refractivity contribution in [2.24, 2.45) is 5.16 Å². The fraction of sp³-hybridized carbons (Fsp3) is 0.400. The molecule has 0 saturated heterocycles. The van der Waals surface area contributed by atoms with Gasteiger partial charge in [-0.05, 0) is 13.0 Å². The van der Waals surface area contributed by atoms with Crippen molar-refractivity contribution in [1.82, 2.24) is 10.2 Å². The molecule has 1 heterocycles. The highest BCUT2D eigenvalue weighted by Gasteiger charge is 2.42. The molecule has 0 saturated carbocycles. The maximum Gasteiger partial charge on any atom is 0.267 e. The van der Waals surface area contributed by atoms with Crippen LogP contribution in [0.2, 0.25) is 0 Å². The van der Waals surface area contributed by atoms with E-state index in [1.165, 1.54) is 11.0 Å². The fourth-order valence-corrected chi connectivity index (χ4v) is 2.00. The first kappa shape index (κ1) is 15.9. The van der Waals surface area contributed by atoms with Crippen molar-refractivity contribution in [2.75, 3.05) is 20.6 Å². The van der Waals surface area contributed by atoms with Gasteiger partial charge in [-0.25, -0.2) is 4.39 Å². The Balaban J connectivity index is 2.01. The zero-order valence-corrected chi connectivity index (χ0v) is 12.7. The molecule has 1 N–H and O–H groups in total. The summed E-state index contributed by atoms with van der Waals surface area (Å²) in [6.45, 7) is 1.43. The molecule has 0 bridgehead atoms. The lowest BCUT2D eigenvalue weighted by Gasteiger charge is -2.21. The van der Waals surface area contributed by atoms with Gasteiger partial charge in [0.05, 0.1) is 12.3 Å². The van der Waals surface area contributed by atoms with Gasteiger partial charge in [-0.3, -0.25) is 9.59 Å². The van der Waals surface area contributed by atoms with Crippen molar-refractivity contribution >= 4 is 17.5 Å². The van der Waals surface area contributed by atoms with Crippen molar-refractivity contribution in [3.8, 4) is 0 Å². The SMILES string of the molecule is CN(C)C(=O)CNC(=O)C1(C)CC(c2ccccc2F)=NO1. The molecule has 22 heavy (non-hydrogen) atoms. The molecule has 0 spiro atoms. The molecule has 2 amide bonds. The second-order valence-electron chi connectivity index (χ2n) is 5.49. The zero-order valence-electron chi connectivity index (χ0n) is 12.7. The van der Waals surface area contributed by atoms with Crippen LogP contribution in [0, 0.1) is 5.82 Å². The molecule has 0 aliphatic carbocycles. The number of carbonyl (C=O) groups is 2. The van der Waals surface area contributed by atoms with Crippen molar-refractivity contribution in [1.29, 1.82) is 0 Å². The van der Waals surface area contributed by atoms with Crippen LogP contribution in [0.1, 0.15) is 18.9 Å². The summed E-state index contributed by atoms with van der Waals surface area (Å²) in [5.74, 6) is -1.11. The van der Waals surface area contributed by atoms with E-state index < -0.39 is 17.3 Å². The summed E-state index contributed by atoms with van der Waals surface area (Å²) in [6.07, 6.45) is 0.135. The van der Waals surface area contributed by atoms with Gasteiger partial charge in [0, 0.05) is 26.1 Å². The maximum atomic E-state index is 13.8. The Morgan fingerprint density at radius 3 is 2.73 bits per heavy atom. The smallest absolute Gasteiger partial charge is 0.267 e. The minimum Gasteiger partial charge on any atom is -0.379 e. The molecule has 118 valence electrons. The second kappa shape index (κ2) is 6.13. The lowest BCUT2D eigenvalue weighted by Crippen LogP contribution is -2.47. The summed E-state index contributed by atoms with van der Waals surface area (Å²) in [7, 11) is 3.20. The van der Waals surface area contributed by atoms with Gasteiger partial charge in [-0.1, -0.05) is 23.4 Å². The number of hydrogen-bond acceptors (Lipinski definition) is 4. The van der Waals surface area contributed by atoms with Crippen molar-refractivity contribution < 1.29 is 18.8 Å². The fourth-order valence-electron chi connectivity index (χ4n) is 2.00. The van der Waals surface area contributed by atoms with E-state index in [4.69, 9.17) is 4.84 Å². The van der Waals surface area contributed by atoms with Gasteiger partial charge in [0.2, 0.25) is 11.5 Å². The van der Waals surface area contributed by atoms with Crippen LogP contribution in [-0.2, 0) is 14.4 Å². The van der Waals surface area contributed by atoms with Crippen molar-refractivity contribution in [3.05, 3.63) is 35.6 Å². The highest BCUT2D eigenvalue weighted by molar-refractivity contribution is 6.05. The molecule has 1 atom stereocenters. The van der Waals surface area contributed by atoms with Crippen LogP contribution in [0.15, 0.2) is 29.4 Å². The number of nitrogens with one attached hydrogen (secondary N) is 1. The summed E-state index contributed by atoms with van der Waals surface area (Å²) in [5.41, 5.74) is -0.567. The number of carbonyl (C=O) groups excluding carboxylic acids is 2. The summed E-state index contributed by atoms with van der Waals surface area (Å²) >= 11 is 0. The quantitative estimate of drug-likeness (QED) is 0.899. The molecular formula is C15H18FN3O3. The minimum absolute atomic E-state index is 0.125. The topological polar surface area (TPSA) is 71.0 Å². The van der Waals surface area contributed by atoms with Gasteiger partial charge in [-0.15, -0.1) is 0 Å². The van der Waals surface area contributed by atoms with Crippen LogP contribution < -0.4 is 5.32 Å². The average Bonchev–Trinajstić information content (AvgIpc) is 2.88. The number of hydrogen-bond donors (Lipinski definition) is 1. The van der Waals surface area contributed by atoms with Crippen molar-refractivity contribution in [2.45, 2.75) is 18.9 Å². The highest BCUT2D eigenvalue weighted by Crippen LogP contribution is 2.27. The number of rotatable bonds is 4. The Kier molecular flexibility index (Phi) is 4.44. The molecule has 1 aromatic rings. The van der Waals surface area contributed by atoms with E-state index >= 15 is 0 Å². The van der Waals surface area contributed by atoms with Crippen LogP contribution >= 0.6 is 0 Å². The van der Waals surface area contributed by atoms with Gasteiger partial charge in [0.25, 0.3) is 5.91 Å². The molecule has 1 aliphatic rings. The van der Waals surface area contributed by atoms with Crippen LogP contribution in [0.25, 0.3) is 0 Å². The van der Waals surface area contributed by atoms with Gasteiger partial charge >= 0.3 is 0 Å². The van der Waals surface area contributed by atoms with Crippen LogP contribution in [0.4, 0.5) is 4.39 Å². The van der Waals surface area contributed by atoms with E-state index in [2.05, 4.69) is 10.5 Å². The van der Waals surface area contributed by atoms with E-state index in [0.29, 0.717) is 11.3 Å². The van der Waals surface area contributed by atoms with Gasteiger partial charge in [0.15, 0.2) is 0 Å². The number of benzene rings is 1. The predicted octanol–water partition coefficient (Wildman–Crippen LogP) is 0.913. The van der Waals surface area contributed by atoms with Crippen LogP contribution in [-0.4, -0.2) is 48.7 Å². The Labute approximate surface area is 127 Å². The molecule has 6 nitrogen and oxygen atoms in total. The van der Waals surface area contributed by atoms with Crippen LogP contribution in [0.5, 0.6) is 0 Å². The predicted molar refractivity (Wildman–Crippen MR) is 78.7 cm³/mol. The summed E-state index contributed by atoms with van der Waals surface area (Å²) < 4.78 is 13.8. The minimum atomic E-state index is -1.25. The Hall–Kier alpha value is -2.44. The first-order valence-electron chi connectivity index (χ1n) is 6.82. The van der Waals surface area contributed by atoms with Crippen LogP contribution in [0.3, 0.4) is 0 Å². The number of oxime groups is 1. The van der Waals surface area contributed by atoms with Gasteiger partial charge in [0.1, 0.15) is 5.82 Å². The summed E-state index contributed by atoms with van der Waals surface area (Å²) in [4.78, 5) is 30.2. The molecular weight excluding hydrogens is 289 g/mol. The van der Waals surface area contributed by atoms with E-state index in [1.54, 1.807) is 39.2 Å². The van der Waals surface area contributed by atoms with E-state index in [-0.39, 0.29) is 18.9 Å². The lowest BCUT2D eigenvalue weighted by molar-refractivity contribution is -0.143. The monoisotopic (exact) mass is 307 g/mol. The van der Waals surface area contributed by atoms with E-state index in [9.17, 15) is 14.0 Å². The lowest BCUT2D eigenvalue weighted by atomic mass is 9.95. The molecule has 1 aromatic carbocycles. The molecule has 1 unspecified atom stereocenters. The molecule has 7 heteroatoms. The average molecular weight is 307 g/mol. The third kappa shape index (κ3) is 3.24. The van der Waals surface area contributed by atoms with Crippen molar-refractivity contribution in [3.63, 3.8) is 0 Å². The molecule has 2 rings (SSSR count). The normalized spacial score (nSPS) is 20.1. The molecule has 0 radical (unpaired) electrons. The number of nitrogens with zero attached hydrogens (tertiary/aromatic N) is 2. The molecule has 1 aliphatic heterocycles. The maximum absolute atomic E-state index is 13.8. The Morgan fingerprint density at radius 2 is 2.09 bits per heavy atom. The Bertz CT molecular complexity index is 630. The van der Waals surface area contributed by atoms with E-state index in [0.717, 1.165) is 0 Å². The van der Waals surface area contributed by atoms with E-state index in [1.807, 2.05) is 0 Å². The summed E-state index contributed by atoms with van der Waals surface area (Å²) in [5, 5.41) is 6.33. The van der Waals surface area contributed by atoms with Gasteiger partial charge < -0.3 is 15.1 Å². The number of amides is 2. The number of halogens is 1. The first-order valence-corrected chi connectivity index (χ1v) is 6.82. The van der Waals surface area contributed by atoms with Gasteiger partial charge in [-0.2, -0.15) is 0 Å². The second-order valence-corrected chi connectivity index (χ2v) is 5.49. The zero-order chi connectivity index (χ0) is 16.3.